The van der Waals surface area contributed by atoms with Gasteiger partial charge in [0, 0.05) is 6.20 Å². The summed E-state index contributed by atoms with van der Waals surface area (Å²) in [5.41, 5.74) is 6.73. The van der Waals surface area contributed by atoms with Crippen LogP contribution in [0, 0.1) is 0 Å². The number of carbonyl (C=O) groups is 1. The lowest BCUT2D eigenvalue weighted by Gasteiger charge is -2.03. The lowest BCUT2D eigenvalue weighted by molar-refractivity contribution is -0.106. The molecule has 0 bridgehead atoms. The molecule has 0 aliphatic rings. The van der Waals surface area contributed by atoms with Crippen molar-refractivity contribution in [3.63, 3.8) is 0 Å². The van der Waals surface area contributed by atoms with Crippen LogP contribution in [0.5, 0.6) is 0 Å². The van der Waals surface area contributed by atoms with Gasteiger partial charge in [0.15, 0.2) is 5.65 Å². The molecule has 0 radical (unpaired) electrons. The topological polar surface area (TPSA) is 85.3 Å². The van der Waals surface area contributed by atoms with E-state index in [-0.39, 0.29) is 6.54 Å². The van der Waals surface area contributed by atoms with Crippen LogP contribution in [0.3, 0.4) is 0 Å². The Kier molecular flexibility index (Phi) is 2.02. The number of aldehydes is 1. The predicted molar refractivity (Wildman–Crippen MR) is 52.0 cm³/mol. The maximum atomic E-state index is 10.2. The number of hydrogen-bond donors (Lipinski definition) is 2. The van der Waals surface area contributed by atoms with Crippen LogP contribution >= 0.6 is 0 Å². The maximum absolute atomic E-state index is 10.2. The second-order valence-electron chi connectivity index (χ2n) is 2.71. The standard InChI is InChI=1S/C8H9N5O/c9-6-5-12-13-7(10-3-4-14)1-2-11-8(6)13/h1-2,4-5,10H,3,9H2. The normalized spacial score (nSPS) is 10.3. The number of nitrogens with two attached hydrogens (primary N) is 1. The SMILES string of the molecule is Nc1cnn2c(NCC=O)ccnc12. The molecule has 0 amide bonds. The van der Waals surface area contributed by atoms with Crippen molar-refractivity contribution in [1.29, 1.82) is 0 Å². The van der Waals surface area contributed by atoms with E-state index in [1.807, 2.05) is 0 Å². The van der Waals surface area contributed by atoms with E-state index in [4.69, 9.17) is 5.73 Å². The third-order valence-electron chi connectivity index (χ3n) is 1.80. The molecule has 72 valence electrons. The molecule has 14 heavy (non-hydrogen) atoms. The summed E-state index contributed by atoms with van der Waals surface area (Å²) in [6.45, 7) is 0.235. The number of anilines is 2. The van der Waals surface area contributed by atoms with Crippen molar-refractivity contribution in [2.24, 2.45) is 0 Å². The fourth-order valence-electron chi connectivity index (χ4n) is 1.19. The zero-order valence-electron chi connectivity index (χ0n) is 7.34. The number of carbonyl (C=O) groups excluding carboxylic acids is 1. The van der Waals surface area contributed by atoms with Crippen LogP contribution in [0.1, 0.15) is 0 Å². The summed E-state index contributed by atoms with van der Waals surface area (Å²) in [6.07, 6.45) is 3.91. The molecular formula is C8H9N5O. The first-order valence-electron chi connectivity index (χ1n) is 4.08. The van der Waals surface area contributed by atoms with E-state index in [0.29, 0.717) is 17.2 Å². The van der Waals surface area contributed by atoms with E-state index in [0.717, 1.165) is 6.29 Å². The van der Waals surface area contributed by atoms with Gasteiger partial charge in [-0.15, -0.1) is 0 Å². The maximum Gasteiger partial charge on any atom is 0.180 e. The van der Waals surface area contributed by atoms with Crippen molar-refractivity contribution in [2.75, 3.05) is 17.6 Å². The fraction of sp³-hybridized carbons (Fsp3) is 0.125. The molecule has 2 aromatic heterocycles. The number of hydrogen-bond acceptors (Lipinski definition) is 5. The first kappa shape index (κ1) is 8.49. The van der Waals surface area contributed by atoms with Crippen LogP contribution in [0.15, 0.2) is 18.5 Å². The summed E-state index contributed by atoms with van der Waals surface area (Å²) in [5.74, 6) is 0.693. The Hall–Kier alpha value is -2.11. The van der Waals surface area contributed by atoms with Gasteiger partial charge in [0.1, 0.15) is 12.1 Å². The molecule has 0 aromatic carbocycles. The minimum atomic E-state index is 0.235. The third kappa shape index (κ3) is 1.26. The zero-order valence-corrected chi connectivity index (χ0v) is 7.34. The molecule has 6 nitrogen and oxygen atoms in total. The Labute approximate surface area is 79.7 Å². The molecule has 0 saturated heterocycles. The van der Waals surface area contributed by atoms with Crippen molar-refractivity contribution in [3.05, 3.63) is 18.5 Å². The molecule has 0 fully saturated rings. The number of aromatic nitrogens is 3. The minimum absolute atomic E-state index is 0.235. The summed E-state index contributed by atoms with van der Waals surface area (Å²) >= 11 is 0. The molecule has 0 unspecified atom stereocenters. The van der Waals surface area contributed by atoms with E-state index in [1.165, 1.54) is 6.20 Å². The van der Waals surface area contributed by atoms with Crippen molar-refractivity contribution >= 4 is 23.4 Å². The first-order chi connectivity index (χ1) is 6.83. The lowest BCUT2D eigenvalue weighted by Crippen LogP contribution is -2.07. The van der Waals surface area contributed by atoms with E-state index in [1.54, 1.807) is 16.8 Å². The number of rotatable bonds is 3. The molecule has 2 rings (SSSR count). The van der Waals surface area contributed by atoms with Crippen LogP contribution in [0.4, 0.5) is 11.5 Å². The number of nitrogens with one attached hydrogen (secondary N) is 1. The van der Waals surface area contributed by atoms with Gasteiger partial charge in [-0.25, -0.2) is 4.98 Å². The predicted octanol–water partition coefficient (Wildman–Crippen LogP) is -0.0777. The van der Waals surface area contributed by atoms with Gasteiger partial charge in [0.05, 0.1) is 18.4 Å². The quantitative estimate of drug-likeness (QED) is 0.663. The Balaban J connectivity index is 2.48. The molecule has 0 aliphatic carbocycles. The van der Waals surface area contributed by atoms with Crippen molar-refractivity contribution < 1.29 is 4.79 Å². The van der Waals surface area contributed by atoms with E-state index in [9.17, 15) is 4.79 Å². The van der Waals surface area contributed by atoms with Gasteiger partial charge >= 0.3 is 0 Å². The molecule has 0 spiro atoms. The highest BCUT2D eigenvalue weighted by Gasteiger charge is 2.04. The lowest BCUT2D eigenvalue weighted by atomic mass is 10.5. The Morgan fingerprint density at radius 2 is 2.50 bits per heavy atom. The molecule has 0 atom stereocenters. The van der Waals surface area contributed by atoms with Gasteiger partial charge in [0.25, 0.3) is 0 Å². The van der Waals surface area contributed by atoms with E-state index < -0.39 is 0 Å². The van der Waals surface area contributed by atoms with Gasteiger partial charge in [0.2, 0.25) is 0 Å². The largest absolute Gasteiger partial charge is 0.394 e. The third-order valence-corrected chi connectivity index (χ3v) is 1.80. The van der Waals surface area contributed by atoms with E-state index >= 15 is 0 Å². The number of fused-ring (bicyclic) bond motifs is 1. The molecular weight excluding hydrogens is 182 g/mol. The average molecular weight is 191 g/mol. The highest BCUT2D eigenvalue weighted by molar-refractivity contribution is 5.66. The fourth-order valence-corrected chi connectivity index (χ4v) is 1.19. The van der Waals surface area contributed by atoms with Crippen LogP contribution in [-0.2, 0) is 4.79 Å². The monoisotopic (exact) mass is 191 g/mol. The van der Waals surface area contributed by atoms with Gasteiger partial charge in [-0.2, -0.15) is 9.61 Å². The summed E-state index contributed by atoms with van der Waals surface area (Å²) in [5, 5.41) is 6.91. The molecule has 2 aromatic rings. The Morgan fingerprint density at radius 3 is 3.29 bits per heavy atom. The summed E-state index contributed by atoms with van der Waals surface area (Å²) < 4.78 is 1.55. The van der Waals surface area contributed by atoms with Gasteiger partial charge in [-0.05, 0) is 6.07 Å². The Bertz CT molecular complexity index is 464. The van der Waals surface area contributed by atoms with Crippen molar-refractivity contribution in [2.45, 2.75) is 0 Å². The second-order valence-corrected chi connectivity index (χ2v) is 2.71. The highest BCUT2D eigenvalue weighted by Crippen LogP contribution is 2.13. The second kappa shape index (κ2) is 3.33. The molecule has 6 heteroatoms. The molecule has 3 N–H and O–H groups in total. The van der Waals surface area contributed by atoms with Crippen LogP contribution < -0.4 is 11.1 Å². The summed E-state index contributed by atoms with van der Waals surface area (Å²) in [6, 6.07) is 1.73. The molecule has 0 aliphatic heterocycles. The zero-order chi connectivity index (χ0) is 9.97. The van der Waals surface area contributed by atoms with Gasteiger partial charge in [-0.1, -0.05) is 0 Å². The summed E-state index contributed by atoms with van der Waals surface area (Å²) in [7, 11) is 0. The minimum Gasteiger partial charge on any atom is -0.394 e. The van der Waals surface area contributed by atoms with Crippen molar-refractivity contribution in [1.82, 2.24) is 14.6 Å². The van der Waals surface area contributed by atoms with Gasteiger partial charge < -0.3 is 15.8 Å². The first-order valence-corrected chi connectivity index (χ1v) is 4.08. The van der Waals surface area contributed by atoms with Gasteiger partial charge in [-0.3, -0.25) is 0 Å². The summed E-state index contributed by atoms with van der Waals surface area (Å²) in [4.78, 5) is 14.2. The molecule has 2 heterocycles. The highest BCUT2D eigenvalue weighted by atomic mass is 16.1. The van der Waals surface area contributed by atoms with Crippen LogP contribution in [-0.4, -0.2) is 27.4 Å². The number of nitrogen functional groups attached to an aromatic ring is 1. The average Bonchev–Trinajstić information content (AvgIpc) is 2.58. The Morgan fingerprint density at radius 1 is 1.64 bits per heavy atom. The smallest absolute Gasteiger partial charge is 0.180 e. The molecule has 0 saturated carbocycles. The van der Waals surface area contributed by atoms with E-state index in [2.05, 4.69) is 15.4 Å². The van der Waals surface area contributed by atoms with Crippen molar-refractivity contribution in [3.8, 4) is 0 Å². The van der Waals surface area contributed by atoms with Crippen LogP contribution in [0.25, 0.3) is 5.65 Å². The number of nitrogens with zero attached hydrogens (tertiary/aromatic N) is 3. The van der Waals surface area contributed by atoms with Crippen LogP contribution in [0.2, 0.25) is 0 Å².